The number of benzene rings is 1. The second-order valence-electron chi connectivity index (χ2n) is 8.51. The summed E-state index contributed by atoms with van der Waals surface area (Å²) in [5.74, 6) is 0.652. The van der Waals surface area contributed by atoms with Crippen LogP contribution in [0.4, 0.5) is 0 Å². The van der Waals surface area contributed by atoms with Crippen molar-refractivity contribution in [3.8, 4) is 0 Å². The Balaban J connectivity index is 1.59. The van der Waals surface area contributed by atoms with Crippen molar-refractivity contribution in [1.82, 2.24) is 9.88 Å². The van der Waals surface area contributed by atoms with Gasteiger partial charge in [-0.2, -0.15) is 11.8 Å². The lowest BCUT2D eigenvalue weighted by atomic mass is 9.85. The Kier molecular flexibility index (Phi) is 7.41. The third-order valence-corrected chi connectivity index (χ3v) is 6.97. The molecule has 1 aromatic heterocycles. The fraction of sp³-hybridized carbons (Fsp3) is 0.480. The van der Waals surface area contributed by atoms with E-state index >= 15 is 0 Å². The van der Waals surface area contributed by atoms with Crippen LogP contribution in [0, 0.1) is 5.92 Å². The Bertz CT molecular complexity index is 988. The number of para-hydroxylation sites is 1. The molecule has 2 aromatic rings. The molecular weight excluding hydrogens is 406 g/mol. The first-order chi connectivity index (χ1) is 15.1. The number of carboxylic acids is 1. The van der Waals surface area contributed by atoms with Crippen molar-refractivity contribution in [2.75, 3.05) is 18.6 Å². The molecule has 0 saturated carbocycles. The van der Waals surface area contributed by atoms with Gasteiger partial charge in [-0.1, -0.05) is 30.3 Å². The molecule has 1 aliphatic carbocycles. The maximum absolute atomic E-state index is 12.2. The van der Waals surface area contributed by atoms with Crippen LogP contribution in [0.2, 0.25) is 0 Å². The van der Waals surface area contributed by atoms with E-state index in [9.17, 15) is 9.90 Å². The summed E-state index contributed by atoms with van der Waals surface area (Å²) in [5.41, 5.74) is 4.19. The van der Waals surface area contributed by atoms with Gasteiger partial charge in [0.05, 0.1) is 11.2 Å². The minimum atomic E-state index is -0.763. The lowest BCUT2D eigenvalue weighted by Crippen LogP contribution is -2.44. The first-order valence-electron chi connectivity index (χ1n) is 11.2. The highest BCUT2D eigenvalue weighted by Crippen LogP contribution is 2.33. The Morgan fingerprint density at radius 1 is 1.23 bits per heavy atom. The number of aromatic nitrogens is 1. The molecule has 1 N–H and O–H groups in total. The number of aliphatic carboxylic acids is 1. The number of hydrogen-bond acceptors (Lipinski definition) is 5. The topological polar surface area (TPSA) is 65.8 Å². The van der Waals surface area contributed by atoms with Gasteiger partial charge in [0.1, 0.15) is 6.04 Å². The summed E-state index contributed by atoms with van der Waals surface area (Å²) in [6, 6.07) is 11.6. The number of aliphatic imine (C=N–C) groups is 1. The number of nitrogens with zero attached hydrogens (tertiary/aromatic N) is 3. The first-order valence-corrected chi connectivity index (χ1v) is 12.6. The molecule has 2 aliphatic rings. The van der Waals surface area contributed by atoms with E-state index in [1.807, 2.05) is 36.6 Å². The first kappa shape index (κ1) is 22.0. The monoisotopic (exact) mass is 437 g/mol. The molecule has 164 valence electrons. The van der Waals surface area contributed by atoms with Crippen LogP contribution >= 0.6 is 11.8 Å². The second-order valence-corrected chi connectivity index (χ2v) is 9.49. The van der Waals surface area contributed by atoms with Crippen LogP contribution < -0.4 is 0 Å². The Morgan fingerprint density at radius 2 is 2.10 bits per heavy atom. The maximum atomic E-state index is 12.2. The van der Waals surface area contributed by atoms with Gasteiger partial charge in [0.2, 0.25) is 0 Å². The number of thioether (sulfide) groups is 1. The summed E-state index contributed by atoms with van der Waals surface area (Å²) in [6.45, 7) is 1.10. The number of rotatable bonds is 9. The highest BCUT2D eigenvalue weighted by molar-refractivity contribution is 7.98. The quantitative estimate of drug-likeness (QED) is 0.587. The van der Waals surface area contributed by atoms with E-state index in [-0.39, 0.29) is 0 Å². The van der Waals surface area contributed by atoms with Crippen LogP contribution in [-0.2, 0) is 11.3 Å². The van der Waals surface area contributed by atoms with Gasteiger partial charge in [-0.15, -0.1) is 0 Å². The lowest BCUT2D eigenvalue weighted by molar-refractivity contribution is -0.143. The van der Waals surface area contributed by atoms with E-state index < -0.39 is 12.0 Å². The molecule has 5 nitrogen and oxygen atoms in total. The smallest absolute Gasteiger partial charge is 0.320 e. The van der Waals surface area contributed by atoms with E-state index in [1.54, 1.807) is 11.8 Å². The second kappa shape index (κ2) is 10.4. The molecule has 31 heavy (non-hydrogen) atoms. The van der Waals surface area contributed by atoms with Gasteiger partial charge in [-0.25, -0.2) is 0 Å². The van der Waals surface area contributed by atoms with Gasteiger partial charge in [0.15, 0.2) is 0 Å². The normalized spacial score (nSPS) is 19.6. The fourth-order valence-electron chi connectivity index (χ4n) is 4.66. The molecule has 2 heterocycles. The van der Waals surface area contributed by atoms with Gasteiger partial charge >= 0.3 is 5.97 Å². The van der Waals surface area contributed by atoms with Gasteiger partial charge in [-0.05, 0) is 62.7 Å². The number of allylic oxidation sites excluding steroid dienone is 2. The average molecular weight is 438 g/mol. The van der Waals surface area contributed by atoms with Crippen molar-refractivity contribution in [3.63, 3.8) is 0 Å². The van der Waals surface area contributed by atoms with Crippen molar-refractivity contribution >= 4 is 34.3 Å². The van der Waals surface area contributed by atoms with E-state index in [4.69, 9.17) is 9.98 Å². The third-order valence-electron chi connectivity index (χ3n) is 6.33. The summed E-state index contributed by atoms with van der Waals surface area (Å²) in [7, 11) is 0. The summed E-state index contributed by atoms with van der Waals surface area (Å²) in [4.78, 5) is 24.0. The summed E-state index contributed by atoms with van der Waals surface area (Å²) >= 11 is 1.69. The average Bonchev–Trinajstić information content (AvgIpc) is 2.79. The van der Waals surface area contributed by atoms with Gasteiger partial charge < -0.3 is 5.11 Å². The van der Waals surface area contributed by atoms with E-state index in [1.165, 1.54) is 18.5 Å². The molecule has 6 heteroatoms. The van der Waals surface area contributed by atoms with Crippen LogP contribution in [0.5, 0.6) is 0 Å². The van der Waals surface area contributed by atoms with Crippen LogP contribution in [0.1, 0.15) is 44.2 Å². The SMILES string of the molecule is CSCCC(C(=O)O)N(CC1=NC2=CCCCC2CC1)Cc1ccc2ccccc2n1. The zero-order valence-electron chi connectivity index (χ0n) is 18.2. The molecule has 1 aliphatic heterocycles. The molecule has 0 radical (unpaired) electrons. The molecular formula is C25H31N3O2S. The summed E-state index contributed by atoms with van der Waals surface area (Å²) < 4.78 is 0. The summed E-state index contributed by atoms with van der Waals surface area (Å²) in [5, 5.41) is 11.1. The van der Waals surface area contributed by atoms with Gasteiger partial charge in [0.25, 0.3) is 0 Å². The minimum absolute atomic E-state index is 0.512. The zero-order valence-corrected chi connectivity index (χ0v) is 19.0. The molecule has 0 spiro atoms. The highest BCUT2D eigenvalue weighted by atomic mass is 32.2. The van der Waals surface area contributed by atoms with Gasteiger partial charge in [0, 0.05) is 35.8 Å². The van der Waals surface area contributed by atoms with Crippen molar-refractivity contribution in [2.45, 2.75) is 51.1 Å². The molecule has 0 bridgehead atoms. The Morgan fingerprint density at radius 3 is 2.94 bits per heavy atom. The van der Waals surface area contributed by atoms with E-state index in [0.717, 1.165) is 47.3 Å². The lowest BCUT2D eigenvalue weighted by Gasteiger charge is -2.32. The predicted octanol–water partition coefficient (Wildman–Crippen LogP) is 5.16. The van der Waals surface area contributed by atoms with Crippen LogP contribution in [0.15, 0.2) is 53.2 Å². The minimum Gasteiger partial charge on any atom is -0.480 e. The van der Waals surface area contributed by atoms with E-state index in [2.05, 4.69) is 17.0 Å². The molecule has 2 atom stereocenters. The number of carbonyl (C=O) groups is 1. The molecule has 1 aromatic carbocycles. The molecule has 4 rings (SSSR count). The highest BCUT2D eigenvalue weighted by Gasteiger charge is 2.29. The predicted molar refractivity (Wildman–Crippen MR) is 129 cm³/mol. The van der Waals surface area contributed by atoms with Crippen molar-refractivity contribution in [3.05, 3.63) is 53.9 Å². The third kappa shape index (κ3) is 5.55. The van der Waals surface area contributed by atoms with Crippen LogP contribution in [-0.4, -0.2) is 51.3 Å². The fourth-order valence-corrected chi connectivity index (χ4v) is 5.12. The Labute approximate surface area is 188 Å². The number of pyridine rings is 1. The standard InChI is InChI=1S/C25H31N3O2S/c1-31-15-14-24(25(29)30)28(16-20-12-10-18-6-2-4-8-22(18)26-20)17-21-13-11-19-7-3-5-9-23(19)27-21/h2,4,6,8-10,12,19,24H,3,5,7,11,13-17H2,1H3,(H,29,30). The largest absolute Gasteiger partial charge is 0.480 e. The van der Waals surface area contributed by atoms with Crippen molar-refractivity contribution < 1.29 is 9.90 Å². The number of carboxylic acid groups (broad SMARTS) is 1. The van der Waals surface area contributed by atoms with Crippen molar-refractivity contribution in [1.29, 1.82) is 0 Å². The van der Waals surface area contributed by atoms with Crippen LogP contribution in [0.25, 0.3) is 10.9 Å². The van der Waals surface area contributed by atoms with Gasteiger partial charge in [-0.3, -0.25) is 19.7 Å². The number of fused-ring (bicyclic) bond motifs is 2. The molecule has 0 fully saturated rings. The Hall–Kier alpha value is -2.18. The maximum Gasteiger partial charge on any atom is 0.320 e. The van der Waals surface area contributed by atoms with Crippen molar-refractivity contribution in [2.24, 2.45) is 10.9 Å². The molecule has 2 unspecified atom stereocenters. The summed E-state index contributed by atoms with van der Waals surface area (Å²) in [6.07, 6.45) is 10.6. The molecule has 0 amide bonds. The van der Waals surface area contributed by atoms with Crippen LogP contribution in [0.3, 0.4) is 0 Å². The van der Waals surface area contributed by atoms with E-state index in [0.29, 0.717) is 25.4 Å². The number of hydrogen-bond donors (Lipinski definition) is 1. The zero-order chi connectivity index (χ0) is 21.6. The molecule has 0 saturated heterocycles.